The standard InChI is InChI=1S/C10H18N2O6/c1-10(2,3)18-9(15)12(16)6(8(11)14)5-7(13)17-4/h6,16H,5H2,1-4H3,(H2,11,14). The fourth-order valence-corrected chi connectivity index (χ4v) is 0.985. The molecule has 0 aromatic heterocycles. The molecular formula is C10H18N2O6. The van der Waals surface area contributed by atoms with Crippen LogP contribution >= 0.6 is 0 Å². The zero-order valence-electron chi connectivity index (χ0n) is 10.8. The second-order valence-corrected chi connectivity index (χ2v) is 4.52. The summed E-state index contributed by atoms with van der Waals surface area (Å²) in [4.78, 5) is 33.6. The van der Waals surface area contributed by atoms with Crippen molar-refractivity contribution in [2.45, 2.75) is 38.8 Å². The largest absolute Gasteiger partial charge is 0.469 e. The number of hydroxylamine groups is 2. The first-order valence-corrected chi connectivity index (χ1v) is 5.15. The Labute approximate surface area is 105 Å². The molecule has 0 aromatic carbocycles. The molecule has 104 valence electrons. The number of esters is 1. The van der Waals surface area contributed by atoms with E-state index in [1.807, 2.05) is 0 Å². The Morgan fingerprint density at radius 2 is 1.83 bits per heavy atom. The smallest absolute Gasteiger partial charge is 0.435 e. The molecule has 18 heavy (non-hydrogen) atoms. The molecule has 0 aliphatic rings. The molecule has 0 bridgehead atoms. The summed E-state index contributed by atoms with van der Waals surface area (Å²) in [6.45, 7) is 4.75. The van der Waals surface area contributed by atoms with Crippen LogP contribution in [0.2, 0.25) is 0 Å². The van der Waals surface area contributed by atoms with E-state index in [0.29, 0.717) is 0 Å². The molecule has 0 heterocycles. The highest BCUT2D eigenvalue weighted by molar-refractivity contribution is 5.88. The minimum Gasteiger partial charge on any atom is -0.469 e. The van der Waals surface area contributed by atoms with E-state index in [1.165, 1.54) is 0 Å². The van der Waals surface area contributed by atoms with Crippen LogP contribution in [0, 0.1) is 0 Å². The lowest BCUT2D eigenvalue weighted by atomic mass is 10.2. The van der Waals surface area contributed by atoms with Gasteiger partial charge in [-0.05, 0) is 20.8 Å². The second-order valence-electron chi connectivity index (χ2n) is 4.52. The Morgan fingerprint density at radius 3 is 2.17 bits per heavy atom. The van der Waals surface area contributed by atoms with Crippen LogP contribution in [0.4, 0.5) is 4.79 Å². The SMILES string of the molecule is COC(=O)CC(C(N)=O)N(O)C(=O)OC(C)(C)C. The lowest BCUT2D eigenvalue weighted by Crippen LogP contribution is -2.48. The average Bonchev–Trinajstić information content (AvgIpc) is 2.21. The molecule has 0 radical (unpaired) electrons. The summed E-state index contributed by atoms with van der Waals surface area (Å²) in [7, 11) is 1.11. The summed E-state index contributed by atoms with van der Waals surface area (Å²) >= 11 is 0. The average molecular weight is 262 g/mol. The molecule has 3 N–H and O–H groups in total. The van der Waals surface area contributed by atoms with E-state index in [2.05, 4.69) is 4.74 Å². The molecule has 0 saturated carbocycles. The predicted octanol–water partition coefficient (Wildman–Crippen LogP) is 0.0297. The van der Waals surface area contributed by atoms with E-state index < -0.39 is 36.0 Å². The maximum absolute atomic E-state index is 11.5. The van der Waals surface area contributed by atoms with Gasteiger partial charge in [-0.15, -0.1) is 0 Å². The molecule has 0 aliphatic carbocycles. The number of amides is 2. The van der Waals surface area contributed by atoms with Crippen molar-refractivity contribution in [1.82, 2.24) is 5.06 Å². The van der Waals surface area contributed by atoms with Gasteiger partial charge in [-0.3, -0.25) is 14.8 Å². The van der Waals surface area contributed by atoms with Gasteiger partial charge >= 0.3 is 12.1 Å². The van der Waals surface area contributed by atoms with Gasteiger partial charge in [-0.1, -0.05) is 0 Å². The van der Waals surface area contributed by atoms with Crippen molar-refractivity contribution < 1.29 is 29.1 Å². The number of nitrogens with two attached hydrogens (primary N) is 1. The summed E-state index contributed by atoms with van der Waals surface area (Å²) < 4.78 is 9.15. The number of hydrogen-bond donors (Lipinski definition) is 2. The Kier molecular flexibility index (Phi) is 5.57. The van der Waals surface area contributed by atoms with Crippen molar-refractivity contribution in [2.24, 2.45) is 5.73 Å². The van der Waals surface area contributed by atoms with E-state index in [-0.39, 0.29) is 5.06 Å². The topological polar surface area (TPSA) is 119 Å². The predicted molar refractivity (Wildman–Crippen MR) is 59.5 cm³/mol. The summed E-state index contributed by atoms with van der Waals surface area (Å²) in [6, 6.07) is -1.53. The summed E-state index contributed by atoms with van der Waals surface area (Å²) in [6.07, 6.45) is -1.73. The first kappa shape index (κ1) is 16.2. The van der Waals surface area contributed by atoms with Gasteiger partial charge in [0.25, 0.3) is 0 Å². The van der Waals surface area contributed by atoms with E-state index in [9.17, 15) is 19.6 Å². The van der Waals surface area contributed by atoms with Gasteiger partial charge in [-0.25, -0.2) is 4.79 Å². The molecule has 8 nitrogen and oxygen atoms in total. The van der Waals surface area contributed by atoms with Crippen molar-refractivity contribution >= 4 is 18.0 Å². The zero-order chi connectivity index (χ0) is 14.5. The maximum Gasteiger partial charge on any atom is 0.435 e. The number of ether oxygens (including phenoxy) is 2. The number of primary amides is 1. The van der Waals surface area contributed by atoms with Crippen LogP contribution in [-0.2, 0) is 19.1 Å². The number of nitrogens with zero attached hydrogens (tertiary/aromatic N) is 1. The normalized spacial score (nSPS) is 12.5. The molecule has 0 saturated heterocycles. The van der Waals surface area contributed by atoms with Crippen LogP contribution in [0.1, 0.15) is 27.2 Å². The number of methoxy groups -OCH3 is 1. The minimum atomic E-state index is -1.53. The van der Waals surface area contributed by atoms with Gasteiger partial charge < -0.3 is 15.2 Å². The Balaban J connectivity index is 4.76. The third-order valence-corrected chi connectivity index (χ3v) is 1.79. The van der Waals surface area contributed by atoms with E-state index in [0.717, 1.165) is 7.11 Å². The summed E-state index contributed by atoms with van der Waals surface area (Å²) in [5, 5.41) is 9.50. The highest BCUT2D eigenvalue weighted by atomic mass is 16.6. The molecule has 0 spiro atoms. The maximum atomic E-state index is 11.5. The van der Waals surface area contributed by atoms with Gasteiger partial charge in [0.2, 0.25) is 5.91 Å². The quantitative estimate of drug-likeness (QED) is 0.419. The second kappa shape index (κ2) is 6.20. The first-order valence-electron chi connectivity index (χ1n) is 5.15. The van der Waals surface area contributed by atoms with Crippen molar-refractivity contribution in [3.8, 4) is 0 Å². The van der Waals surface area contributed by atoms with Crippen LogP contribution in [0.5, 0.6) is 0 Å². The molecule has 0 fully saturated rings. The van der Waals surface area contributed by atoms with Crippen LogP contribution < -0.4 is 5.73 Å². The van der Waals surface area contributed by atoms with Crippen molar-refractivity contribution in [2.75, 3.05) is 7.11 Å². The Morgan fingerprint density at radius 1 is 1.33 bits per heavy atom. The highest BCUT2D eigenvalue weighted by Crippen LogP contribution is 2.12. The molecule has 0 aliphatic heterocycles. The van der Waals surface area contributed by atoms with Crippen molar-refractivity contribution in [3.63, 3.8) is 0 Å². The van der Waals surface area contributed by atoms with Gasteiger partial charge in [0.15, 0.2) is 6.04 Å². The third kappa shape index (κ3) is 5.48. The zero-order valence-corrected chi connectivity index (χ0v) is 10.8. The molecule has 2 amide bonds. The van der Waals surface area contributed by atoms with Gasteiger partial charge in [0, 0.05) is 0 Å². The summed E-state index contributed by atoms with van der Waals surface area (Å²) in [5.41, 5.74) is 4.13. The molecule has 0 aromatic rings. The Bertz CT molecular complexity index is 336. The minimum absolute atomic E-state index is 0.00942. The molecule has 1 unspecified atom stereocenters. The fraction of sp³-hybridized carbons (Fsp3) is 0.700. The lowest BCUT2D eigenvalue weighted by molar-refractivity contribution is -0.158. The number of rotatable bonds is 4. The molecular weight excluding hydrogens is 244 g/mol. The van der Waals surface area contributed by atoms with Gasteiger partial charge in [0.05, 0.1) is 13.5 Å². The number of hydrogen-bond acceptors (Lipinski definition) is 6. The number of carbonyl (C=O) groups is 3. The van der Waals surface area contributed by atoms with Crippen molar-refractivity contribution in [3.05, 3.63) is 0 Å². The van der Waals surface area contributed by atoms with Gasteiger partial charge in [-0.2, -0.15) is 5.06 Å². The highest BCUT2D eigenvalue weighted by Gasteiger charge is 2.33. The van der Waals surface area contributed by atoms with E-state index >= 15 is 0 Å². The first-order chi connectivity index (χ1) is 8.08. The van der Waals surface area contributed by atoms with Crippen LogP contribution in [0.25, 0.3) is 0 Å². The number of carbonyl (C=O) groups excluding carboxylic acids is 3. The van der Waals surface area contributed by atoms with E-state index in [1.54, 1.807) is 20.8 Å². The monoisotopic (exact) mass is 262 g/mol. The molecule has 0 rings (SSSR count). The molecule has 1 atom stereocenters. The Hall–Kier alpha value is -1.83. The van der Waals surface area contributed by atoms with Crippen LogP contribution in [-0.4, -0.2) is 47.0 Å². The van der Waals surface area contributed by atoms with E-state index in [4.69, 9.17) is 10.5 Å². The summed E-state index contributed by atoms with van der Waals surface area (Å²) in [5.74, 6) is -1.84. The lowest BCUT2D eigenvalue weighted by Gasteiger charge is -2.26. The van der Waals surface area contributed by atoms with Crippen molar-refractivity contribution in [1.29, 1.82) is 0 Å². The van der Waals surface area contributed by atoms with Gasteiger partial charge in [0.1, 0.15) is 5.60 Å². The fourth-order valence-electron chi connectivity index (χ4n) is 0.985. The molecule has 8 heteroatoms. The third-order valence-electron chi connectivity index (χ3n) is 1.79. The van der Waals surface area contributed by atoms with Crippen LogP contribution in [0.15, 0.2) is 0 Å². The van der Waals surface area contributed by atoms with Crippen LogP contribution in [0.3, 0.4) is 0 Å².